The Bertz CT molecular complexity index is 284. The van der Waals surface area contributed by atoms with Crippen molar-refractivity contribution in [3.8, 4) is 0 Å². The Morgan fingerprint density at radius 1 is 1.21 bits per heavy atom. The van der Waals surface area contributed by atoms with Crippen molar-refractivity contribution in [2.45, 2.75) is 46.3 Å². The van der Waals surface area contributed by atoms with Crippen LogP contribution in [0, 0.1) is 11.3 Å². The number of rotatable bonds is 7. The number of nitrogens with one attached hydrogen (secondary N) is 1. The first-order valence-corrected chi connectivity index (χ1v) is 13.5. The second-order valence-electron chi connectivity index (χ2n) is 7.40. The van der Waals surface area contributed by atoms with E-state index in [4.69, 9.17) is 0 Å². The van der Waals surface area contributed by atoms with Crippen LogP contribution in [-0.4, -0.2) is 37.7 Å². The van der Waals surface area contributed by atoms with Crippen LogP contribution in [0.4, 0.5) is 0 Å². The van der Waals surface area contributed by atoms with Gasteiger partial charge in [0.25, 0.3) is 0 Å². The predicted molar refractivity (Wildman–Crippen MR) is 97.0 cm³/mol. The topological polar surface area (TPSA) is 29.1 Å². The average Bonchev–Trinajstić information content (AvgIpc) is 2.20. The van der Waals surface area contributed by atoms with Gasteiger partial charge >= 0.3 is 128 Å². The van der Waals surface area contributed by atoms with Gasteiger partial charge in [-0.2, -0.15) is 0 Å². The summed E-state index contributed by atoms with van der Waals surface area (Å²) in [5, 5.41) is 3.70. The third kappa shape index (κ3) is 11.0. The summed E-state index contributed by atoms with van der Waals surface area (Å²) in [6.07, 6.45) is 1.16. The maximum absolute atomic E-state index is 11.8. The summed E-state index contributed by atoms with van der Waals surface area (Å²) >= 11 is 0. The molecule has 0 rings (SSSR count). The van der Waals surface area contributed by atoms with E-state index >= 15 is 0 Å². The predicted octanol–water partition coefficient (Wildman–Crippen LogP) is 4.50. The molecule has 0 fully saturated rings. The van der Waals surface area contributed by atoms with Gasteiger partial charge in [-0.3, -0.25) is 0 Å². The van der Waals surface area contributed by atoms with Crippen LogP contribution >= 0.6 is 27.7 Å². The van der Waals surface area contributed by atoms with Gasteiger partial charge in [-0.15, -0.1) is 0 Å². The van der Waals surface area contributed by atoms with E-state index < -0.39 is 6.46 Å². The van der Waals surface area contributed by atoms with Gasteiger partial charge in [0, 0.05) is 0 Å². The molecule has 0 saturated carbocycles. The molecule has 0 bridgehead atoms. The van der Waals surface area contributed by atoms with Gasteiger partial charge in [-0.1, -0.05) is 0 Å². The molecule has 19 heavy (non-hydrogen) atoms. The molecule has 1 amide bonds. The molecule has 0 aliphatic rings. The number of amides is 1. The molecule has 0 aliphatic carbocycles. The summed E-state index contributed by atoms with van der Waals surface area (Å²) in [6.45, 7) is 17.3. The van der Waals surface area contributed by atoms with Crippen LogP contribution in [0.5, 0.6) is 0 Å². The number of hydrogen-bond acceptors (Lipinski definition) is 3. The van der Waals surface area contributed by atoms with Gasteiger partial charge in [-0.05, 0) is 0 Å². The minimum absolute atomic E-state index is 0.149. The van der Waals surface area contributed by atoms with E-state index in [-0.39, 0.29) is 11.3 Å². The fourth-order valence-corrected chi connectivity index (χ4v) is 7.98. The Morgan fingerprint density at radius 3 is 2.16 bits per heavy atom. The Balaban J connectivity index is 3.92. The van der Waals surface area contributed by atoms with Crippen LogP contribution in [0.25, 0.3) is 0 Å². The van der Waals surface area contributed by atoms with Gasteiger partial charge in [0.05, 0.1) is 0 Å². The Kier molecular flexibility index (Phi) is 8.40. The van der Waals surface area contributed by atoms with E-state index in [0.29, 0.717) is 11.2 Å². The molecule has 0 saturated heterocycles. The van der Waals surface area contributed by atoms with Gasteiger partial charge in [0.1, 0.15) is 0 Å². The number of hydrogen-bond donors (Lipinski definition) is 1. The normalized spacial score (nSPS) is 16.8. The van der Waals surface area contributed by atoms with Crippen LogP contribution in [0.2, 0.25) is 0 Å². The van der Waals surface area contributed by atoms with Crippen LogP contribution in [0.1, 0.15) is 41.0 Å². The molecule has 5 heteroatoms. The Labute approximate surface area is 128 Å². The van der Waals surface area contributed by atoms with Gasteiger partial charge in [-0.25, -0.2) is 0 Å². The van der Waals surface area contributed by atoms with E-state index in [1.54, 1.807) is 0 Å². The van der Waals surface area contributed by atoms with Crippen molar-refractivity contribution >= 4 is 33.6 Å². The van der Waals surface area contributed by atoms with E-state index in [2.05, 4.69) is 49.6 Å². The van der Waals surface area contributed by atoms with E-state index in [1.807, 2.05) is 31.6 Å². The van der Waals surface area contributed by atoms with Gasteiger partial charge < -0.3 is 0 Å². The molecule has 0 radical (unpaired) electrons. The van der Waals surface area contributed by atoms with Gasteiger partial charge in [0.15, 0.2) is 0 Å². The monoisotopic (exact) mass is 325 g/mol. The molecule has 0 aromatic carbocycles. The van der Waals surface area contributed by atoms with Crippen LogP contribution in [0.15, 0.2) is 0 Å². The molecule has 2 atom stereocenters. The van der Waals surface area contributed by atoms with Gasteiger partial charge in [0.2, 0.25) is 0 Å². The van der Waals surface area contributed by atoms with Crippen molar-refractivity contribution < 1.29 is 4.79 Å². The quantitative estimate of drug-likeness (QED) is 0.552. The second-order valence-corrected chi connectivity index (χ2v) is 19.0. The van der Waals surface area contributed by atoms with Crippen molar-refractivity contribution in [1.82, 2.24) is 5.32 Å². The first-order valence-electron chi connectivity index (χ1n) is 7.04. The summed E-state index contributed by atoms with van der Waals surface area (Å²) in [5.41, 5.74) is -0.284. The molecule has 0 aromatic heterocycles. The molecule has 0 spiro atoms. The SMILES string of the molecule is CC(CNC(=O)C(C)(C)C)CC(C)SS[PH](C)(C)C. The zero-order valence-corrected chi connectivity index (χ0v) is 16.4. The third-order valence-electron chi connectivity index (χ3n) is 2.49. The second kappa shape index (κ2) is 8.14. The van der Waals surface area contributed by atoms with Crippen molar-refractivity contribution in [2.24, 2.45) is 11.3 Å². The molecule has 0 aliphatic heterocycles. The van der Waals surface area contributed by atoms with E-state index in [1.165, 1.54) is 0 Å². The Morgan fingerprint density at radius 2 is 1.74 bits per heavy atom. The molecule has 2 unspecified atom stereocenters. The zero-order valence-electron chi connectivity index (χ0n) is 13.8. The molecule has 0 aromatic rings. The molecule has 2 nitrogen and oxygen atoms in total. The summed E-state index contributed by atoms with van der Waals surface area (Å²) in [4.78, 5) is 11.8. The van der Waals surface area contributed by atoms with Crippen LogP contribution in [-0.2, 0) is 4.79 Å². The Hall–Kier alpha value is 0.600. The van der Waals surface area contributed by atoms with Crippen molar-refractivity contribution in [1.29, 1.82) is 0 Å². The summed E-state index contributed by atoms with van der Waals surface area (Å²) < 4.78 is 0. The molecule has 1 N–H and O–H groups in total. The summed E-state index contributed by atoms with van der Waals surface area (Å²) in [5.74, 6) is 0.687. The first kappa shape index (κ1) is 19.6. The average molecular weight is 326 g/mol. The maximum atomic E-state index is 11.8. The molecule has 116 valence electrons. The molecule has 0 heterocycles. The molecular formula is C14H32NOPS2. The number of carbonyl (C=O) groups is 1. The fourth-order valence-electron chi connectivity index (χ4n) is 1.45. The fraction of sp³-hybridized carbons (Fsp3) is 0.929. The van der Waals surface area contributed by atoms with Crippen LogP contribution < -0.4 is 5.32 Å². The zero-order chi connectivity index (χ0) is 15.3. The van der Waals surface area contributed by atoms with Crippen molar-refractivity contribution in [2.75, 3.05) is 26.5 Å². The third-order valence-corrected chi connectivity index (χ3v) is 11.7. The van der Waals surface area contributed by atoms with E-state index in [0.717, 1.165) is 13.0 Å². The summed E-state index contributed by atoms with van der Waals surface area (Å²) in [7, 11) is 4.10. The minimum atomic E-state index is -1.02. The van der Waals surface area contributed by atoms with Crippen molar-refractivity contribution in [3.05, 3.63) is 0 Å². The number of carbonyl (C=O) groups excluding carboxylic acids is 1. The first-order chi connectivity index (χ1) is 8.42. The van der Waals surface area contributed by atoms with Crippen molar-refractivity contribution in [3.63, 3.8) is 0 Å². The summed E-state index contributed by atoms with van der Waals surface area (Å²) in [6, 6.07) is 0. The van der Waals surface area contributed by atoms with E-state index in [9.17, 15) is 4.79 Å². The molecular weight excluding hydrogens is 293 g/mol. The van der Waals surface area contributed by atoms with Crippen LogP contribution in [0.3, 0.4) is 0 Å². The standard InChI is InChI=1S/C14H32NOPS2/c1-11(10-15-13(16)14(3,4)5)9-12(2)18-19-17(6,7)8/h11-12,17H,9-10H2,1-8H3,(H,15,16).